The number of alkyl halides is 9. The first-order valence-electron chi connectivity index (χ1n) is 12.1. The fourth-order valence-corrected chi connectivity index (χ4v) is 3.97. The molecular weight excluding hydrogens is 579 g/mol. The molecular formula is C30H21F9O3. The highest BCUT2D eigenvalue weighted by molar-refractivity contribution is 5.51. The number of benzene rings is 4. The summed E-state index contributed by atoms with van der Waals surface area (Å²) in [4.78, 5) is 0. The highest BCUT2D eigenvalue weighted by atomic mass is 19.4. The van der Waals surface area contributed by atoms with Gasteiger partial charge in [0.2, 0.25) is 0 Å². The zero-order valence-electron chi connectivity index (χ0n) is 22.1. The molecule has 0 atom stereocenters. The van der Waals surface area contributed by atoms with Gasteiger partial charge in [-0.25, -0.2) is 0 Å². The molecule has 42 heavy (non-hydrogen) atoms. The summed E-state index contributed by atoms with van der Waals surface area (Å²) in [6, 6.07) is 12.6. The Labute approximate surface area is 234 Å². The van der Waals surface area contributed by atoms with E-state index in [9.17, 15) is 39.5 Å². The average Bonchev–Trinajstić information content (AvgIpc) is 2.85. The molecule has 0 aliphatic carbocycles. The van der Waals surface area contributed by atoms with Crippen LogP contribution in [0.3, 0.4) is 0 Å². The Balaban J connectivity index is 1.83. The Morgan fingerprint density at radius 2 is 0.619 bits per heavy atom. The molecule has 0 spiro atoms. The van der Waals surface area contributed by atoms with Gasteiger partial charge >= 0.3 is 18.5 Å². The van der Waals surface area contributed by atoms with Crippen molar-refractivity contribution in [2.45, 2.75) is 39.3 Å². The zero-order chi connectivity index (χ0) is 31.0. The molecule has 0 aromatic heterocycles. The lowest BCUT2D eigenvalue weighted by Crippen LogP contribution is -2.08. The van der Waals surface area contributed by atoms with E-state index in [1.54, 1.807) is 0 Å². The highest BCUT2D eigenvalue weighted by Crippen LogP contribution is 2.44. The van der Waals surface area contributed by atoms with Gasteiger partial charge in [0.25, 0.3) is 0 Å². The van der Waals surface area contributed by atoms with Gasteiger partial charge in [-0.05, 0) is 57.2 Å². The molecule has 0 aliphatic rings. The lowest BCUT2D eigenvalue weighted by atomic mass is 10.1. The molecule has 12 heteroatoms. The molecule has 0 radical (unpaired) electrons. The molecule has 0 aliphatic heterocycles. The van der Waals surface area contributed by atoms with Crippen LogP contribution in [0.25, 0.3) is 0 Å². The molecule has 222 valence electrons. The zero-order valence-corrected chi connectivity index (χ0v) is 22.1. The van der Waals surface area contributed by atoms with Gasteiger partial charge in [0.05, 0.1) is 16.7 Å². The van der Waals surface area contributed by atoms with Gasteiger partial charge in [0, 0.05) is 18.2 Å². The van der Waals surface area contributed by atoms with E-state index in [2.05, 4.69) is 0 Å². The summed E-state index contributed by atoms with van der Waals surface area (Å²) in [5, 5.41) is 0. The third kappa shape index (κ3) is 7.29. The number of hydrogen-bond donors (Lipinski definition) is 0. The van der Waals surface area contributed by atoms with Gasteiger partial charge in [-0.2, -0.15) is 39.5 Å². The van der Waals surface area contributed by atoms with Crippen LogP contribution in [0.4, 0.5) is 39.5 Å². The lowest BCUT2D eigenvalue weighted by molar-refractivity contribution is -0.139. The molecule has 0 saturated carbocycles. The van der Waals surface area contributed by atoms with Crippen molar-refractivity contribution >= 4 is 0 Å². The van der Waals surface area contributed by atoms with Gasteiger partial charge in [-0.3, -0.25) is 0 Å². The van der Waals surface area contributed by atoms with Crippen LogP contribution in [0, 0.1) is 20.8 Å². The molecule has 4 aromatic rings. The van der Waals surface area contributed by atoms with E-state index in [-0.39, 0.29) is 16.7 Å². The topological polar surface area (TPSA) is 27.7 Å². The van der Waals surface area contributed by atoms with Crippen molar-refractivity contribution in [3.63, 3.8) is 0 Å². The van der Waals surface area contributed by atoms with Gasteiger partial charge in [0.1, 0.15) is 34.5 Å². The summed E-state index contributed by atoms with van der Waals surface area (Å²) in [7, 11) is 0. The summed E-state index contributed by atoms with van der Waals surface area (Å²) in [5.74, 6) is -3.19. The van der Waals surface area contributed by atoms with Crippen LogP contribution in [0.15, 0.2) is 72.8 Å². The van der Waals surface area contributed by atoms with E-state index in [0.717, 1.165) is 54.6 Å². The molecule has 0 heterocycles. The molecule has 0 N–H and O–H groups in total. The van der Waals surface area contributed by atoms with Gasteiger partial charge in [0.15, 0.2) is 0 Å². The molecule has 0 saturated heterocycles. The van der Waals surface area contributed by atoms with Crippen molar-refractivity contribution in [1.29, 1.82) is 0 Å². The molecule has 4 aromatic carbocycles. The Hall–Kier alpha value is -4.35. The quantitative estimate of drug-likeness (QED) is 0.206. The van der Waals surface area contributed by atoms with Crippen LogP contribution in [-0.2, 0) is 18.5 Å². The molecule has 3 nitrogen and oxygen atoms in total. The fourth-order valence-electron chi connectivity index (χ4n) is 3.97. The van der Waals surface area contributed by atoms with Gasteiger partial charge < -0.3 is 14.2 Å². The predicted octanol–water partition coefficient (Wildman–Crippen LogP) is 11.0. The smallest absolute Gasteiger partial charge is 0.419 e. The standard InChI is InChI=1S/C30H21F9O3/c1-16-4-7-25(22(10-16)28(31,32)33)40-19-13-20(41-26-8-5-17(2)11-23(26)29(34,35)36)15-21(14-19)42-27-9-6-18(3)12-24(27)30(37,38)39/h4-15H,1-3H3. The van der Waals surface area contributed by atoms with E-state index in [1.165, 1.54) is 39.0 Å². The first-order chi connectivity index (χ1) is 19.4. The second-order valence-electron chi connectivity index (χ2n) is 9.44. The van der Waals surface area contributed by atoms with Crippen LogP contribution < -0.4 is 14.2 Å². The second kappa shape index (κ2) is 11.1. The van der Waals surface area contributed by atoms with Crippen LogP contribution in [-0.4, -0.2) is 0 Å². The number of ether oxygens (including phenoxy) is 3. The molecule has 0 amide bonds. The SMILES string of the molecule is Cc1ccc(Oc2cc(Oc3ccc(C)cc3C(F)(F)F)cc(Oc3ccc(C)cc3C(F)(F)F)c2)c(C(F)(F)F)c1. The van der Waals surface area contributed by atoms with E-state index < -0.39 is 69.7 Å². The van der Waals surface area contributed by atoms with E-state index in [1.807, 2.05) is 0 Å². The molecule has 0 unspecified atom stereocenters. The molecule has 4 rings (SSSR count). The fraction of sp³-hybridized carbons (Fsp3) is 0.200. The molecule has 0 fully saturated rings. The van der Waals surface area contributed by atoms with Crippen molar-refractivity contribution < 1.29 is 53.7 Å². The summed E-state index contributed by atoms with van der Waals surface area (Å²) in [5.41, 5.74) is -2.62. The Morgan fingerprint density at radius 1 is 0.381 bits per heavy atom. The van der Waals surface area contributed by atoms with Crippen LogP contribution in [0.2, 0.25) is 0 Å². The van der Waals surface area contributed by atoms with Gasteiger partial charge in [-0.1, -0.05) is 34.9 Å². The largest absolute Gasteiger partial charge is 0.456 e. The first kappa shape index (κ1) is 30.6. The van der Waals surface area contributed by atoms with Crippen molar-refractivity contribution in [1.82, 2.24) is 0 Å². The van der Waals surface area contributed by atoms with E-state index in [4.69, 9.17) is 14.2 Å². The average molecular weight is 600 g/mol. The maximum atomic E-state index is 13.7. The Bertz CT molecular complexity index is 1400. The second-order valence-corrected chi connectivity index (χ2v) is 9.44. The van der Waals surface area contributed by atoms with Crippen molar-refractivity contribution in [2.75, 3.05) is 0 Å². The third-order valence-corrected chi connectivity index (χ3v) is 5.86. The Morgan fingerprint density at radius 3 is 0.833 bits per heavy atom. The van der Waals surface area contributed by atoms with E-state index in [0.29, 0.717) is 0 Å². The maximum absolute atomic E-state index is 13.7. The summed E-state index contributed by atoms with van der Waals surface area (Å²) in [6.07, 6.45) is -14.5. The number of halogens is 9. The highest BCUT2D eigenvalue weighted by Gasteiger charge is 2.37. The molecule has 0 bridgehead atoms. The monoisotopic (exact) mass is 600 g/mol. The van der Waals surface area contributed by atoms with Crippen molar-refractivity contribution in [3.8, 4) is 34.5 Å². The minimum atomic E-state index is -4.83. The minimum absolute atomic E-state index is 0.272. The van der Waals surface area contributed by atoms with Crippen LogP contribution >= 0.6 is 0 Å². The van der Waals surface area contributed by atoms with Crippen molar-refractivity contribution in [3.05, 3.63) is 106 Å². The van der Waals surface area contributed by atoms with Gasteiger partial charge in [-0.15, -0.1) is 0 Å². The third-order valence-electron chi connectivity index (χ3n) is 5.86. The normalized spacial score (nSPS) is 12.3. The van der Waals surface area contributed by atoms with E-state index >= 15 is 0 Å². The number of aryl methyl sites for hydroxylation is 3. The first-order valence-corrected chi connectivity index (χ1v) is 12.1. The lowest BCUT2D eigenvalue weighted by Gasteiger charge is -2.19. The number of hydrogen-bond acceptors (Lipinski definition) is 3. The summed E-state index contributed by atoms with van der Waals surface area (Å²) in [6.45, 7) is 4.29. The number of rotatable bonds is 6. The summed E-state index contributed by atoms with van der Waals surface area (Å²) < 4.78 is 140. The maximum Gasteiger partial charge on any atom is 0.419 e. The van der Waals surface area contributed by atoms with Crippen molar-refractivity contribution in [2.24, 2.45) is 0 Å². The summed E-state index contributed by atoms with van der Waals surface area (Å²) >= 11 is 0. The Kier molecular flexibility index (Phi) is 8.12. The van der Waals surface area contributed by atoms with Crippen LogP contribution in [0.1, 0.15) is 33.4 Å². The predicted molar refractivity (Wildman–Crippen MR) is 135 cm³/mol. The minimum Gasteiger partial charge on any atom is -0.456 e. The van der Waals surface area contributed by atoms with Crippen LogP contribution in [0.5, 0.6) is 34.5 Å².